The molecule has 1 saturated carbocycles. The predicted octanol–water partition coefficient (Wildman–Crippen LogP) is 5.82. The minimum absolute atomic E-state index is 0.392. The van der Waals surface area contributed by atoms with Crippen LogP contribution < -0.4 is 10.6 Å². The van der Waals surface area contributed by atoms with E-state index in [2.05, 4.69) is 41.8 Å². The number of anilines is 2. The van der Waals surface area contributed by atoms with Crippen LogP contribution in [0.5, 0.6) is 0 Å². The maximum atomic E-state index is 6.21. The fourth-order valence-electron chi connectivity index (χ4n) is 3.84. The Morgan fingerprint density at radius 3 is 2.52 bits per heavy atom. The summed E-state index contributed by atoms with van der Waals surface area (Å²) in [4.78, 5) is 5.16. The summed E-state index contributed by atoms with van der Waals surface area (Å²) in [6.45, 7) is 2.20. The average Bonchev–Trinajstić information content (AvgIpc) is 2.64. The third kappa shape index (κ3) is 3.25. The van der Waals surface area contributed by atoms with Crippen molar-refractivity contribution in [2.75, 3.05) is 10.6 Å². The maximum Gasteiger partial charge on any atom is 0.131 e. The van der Waals surface area contributed by atoms with Crippen LogP contribution in [0.15, 0.2) is 53.5 Å². The molecule has 1 unspecified atom stereocenters. The quantitative estimate of drug-likeness (QED) is 0.713. The van der Waals surface area contributed by atoms with Crippen molar-refractivity contribution in [3.05, 3.63) is 59.1 Å². The first-order chi connectivity index (χ1) is 12.1. The predicted molar refractivity (Wildman–Crippen MR) is 107 cm³/mol. The summed E-state index contributed by atoms with van der Waals surface area (Å²) in [7, 11) is 0. The second-order valence-corrected chi connectivity index (χ2v) is 7.64. The van der Waals surface area contributed by atoms with E-state index in [9.17, 15) is 0 Å². The molecule has 2 aromatic carbocycles. The molecular weight excluding hydrogens is 330 g/mol. The Bertz CT molecular complexity index is 781. The van der Waals surface area contributed by atoms with Crippen molar-refractivity contribution in [1.29, 1.82) is 0 Å². The molecule has 25 heavy (non-hydrogen) atoms. The lowest BCUT2D eigenvalue weighted by Crippen LogP contribution is -2.48. The molecule has 0 aromatic heterocycles. The molecule has 4 rings (SSSR count). The van der Waals surface area contributed by atoms with Crippen LogP contribution in [-0.2, 0) is 5.54 Å². The molecule has 3 nitrogen and oxygen atoms in total. The summed E-state index contributed by atoms with van der Waals surface area (Å²) >= 11 is 6.21. The highest BCUT2D eigenvalue weighted by Crippen LogP contribution is 2.39. The lowest BCUT2D eigenvalue weighted by Gasteiger charge is -2.40. The second kappa shape index (κ2) is 6.72. The average molecular weight is 354 g/mol. The molecule has 1 heterocycles. The van der Waals surface area contributed by atoms with Gasteiger partial charge in [-0.3, -0.25) is 4.99 Å². The van der Waals surface area contributed by atoms with Crippen LogP contribution in [0.2, 0.25) is 5.02 Å². The fraction of sp³-hybridized carbons (Fsp3) is 0.381. The summed E-state index contributed by atoms with van der Waals surface area (Å²) in [5.41, 5.74) is 2.85. The van der Waals surface area contributed by atoms with Gasteiger partial charge in [0, 0.05) is 5.02 Å². The van der Waals surface area contributed by atoms with Crippen LogP contribution in [0.25, 0.3) is 0 Å². The molecule has 1 fully saturated rings. The Kier molecular flexibility index (Phi) is 4.43. The molecule has 4 heteroatoms. The number of benzene rings is 2. The third-order valence-corrected chi connectivity index (χ3v) is 5.57. The number of aliphatic imine (C=N–C) groups is 1. The van der Waals surface area contributed by atoms with Gasteiger partial charge in [0.25, 0.3) is 0 Å². The molecule has 2 N–H and O–H groups in total. The molecule has 0 radical (unpaired) electrons. The van der Waals surface area contributed by atoms with Crippen LogP contribution in [0, 0.1) is 0 Å². The van der Waals surface area contributed by atoms with Gasteiger partial charge in [-0.25, -0.2) is 0 Å². The van der Waals surface area contributed by atoms with Crippen molar-refractivity contribution >= 4 is 28.8 Å². The first-order valence-electron chi connectivity index (χ1n) is 9.14. The van der Waals surface area contributed by atoms with E-state index in [4.69, 9.17) is 16.6 Å². The zero-order valence-electron chi connectivity index (χ0n) is 14.6. The Morgan fingerprint density at radius 2 is 1.76 bits per heavy atom. The first-order valence-corrected chi connectivity index (χ1v) is 9.51. The van der Waals surface area contributed by atoms with Crippen molar-refractivity contribution in [3.63, 3.8) is 0 Å². The van der Waals surface area contributed by atoms with E-state index in [1.54, 1.807) is 0 Å². The number of hydrogen-bond acceptors (Lipinski definition) is 2. The van der Waals surface area contributed by atoms with Crippen molar-refractivity contribution in [3.8, 4) is 0 Å². The maximum absolute atomic E-state index is 6.21. The van der Waals surface area contributed by atoms with Gasteiger partial charge in [-0.1, -0.05) is 61.2 Å². The van der Waals surface area contributed by atoms with Gasteiger partial charge in [0.1, 0.15) is 11.4 Å². The zero-order valence-corrected chi connectivity index (χ0v) is 15.3. The number of nitrogens with zero attached hydrogens (tertiary/aromatic N) is 1. The minimum Gasteiger partial charge on any atom is -0.368 e. The number of fused-ring (bicyclic) bond motifs is 1. The Hall–Kier alpha value is -2.00. The topological polar surface area (TPSA) is 36.4 Å². The highest BCUT2D eigenvalue weighted by atomic mass is 35.5. The molecule has 2 aliphatic rings. The standard InChI is InChI=1S/C21H24ClN3/c1-21(15-8-4-2-5-9-15)20(23-17-10-6-3-7-11-17)24-18-13-12-16(22)14-19(18)25-21/h2,4-5,8-9,12-14,17,25H,3,6-7,10-11H2,1H3,(H,23,24). The van der Waals surface area contributed by atoms with Crippen LogP contribution >= 0.6 is 11.6 Å². The van der Waals surface area contributed by atoms with Gasteiger partial charge in [0.15, 0.2) is 0 Å². The van der Waals surface area contributed by atoms with Gasteiger partial charge in [-0.15, -0.1) is 0 Å². The number of amidine groups is 1. The van der Waals surface area contributed by atoms with Gasteiger partial charge in [0.05, 0.1) is 17.4 Å². The fourth-order valence-corrected chi connectivity index (χ4v) is 4.02. The molecule has 1 atom stereocenters. The number of hydrogen-bond donors (Lipinski definition) is 2. The number of nitrogens with one attached hydrogen (secondary N) is 2. The minimum atomic E-state index is -0.392. The van der Waals surface area contributed by atoms with Crippen LogP contribution in [0.4, 0.5) is 11.4 Å². The largest absolute Gasteiger partial charge is 0.368 e. The van der Waals surface area contributed by atoms with E-state index >= 15 is 0 Å². The molecule has 2 aromatic rings. The molecular formula is C21H24ClN3. The van der Waals surface area contributed by atoms with Gasteiger partial charge in [-0.2, -0.15) is 0 Å². The summed E-state index contributed by atoms with van der Waals surface area (Å²) in [6.07, 6.45) is 6.27. The summed E-state index contributed by atoms with van der Waals surface area (Å²) < 4.78 is 0. The Morgan fingerprint density at radius 1 is 1.00 bits per heavy atom. The van der Waals surface area contributed by atoms with E-state index in [1.165, 1.54) is 37.7 Å². The van der Waals surface area contributed by atoms with Crippen LogP contribution in [-0.4, -0.2) is 11.9 Å². The lowest BCUT2D eigenvalue weighted by atomic mass is 9.87. The van der Waals surface area contributed by atoms with Crippen molar-refractivity contribution in [2.45, 2.75) is 50.6 Å². The number of halogens is 1. The summed E-state index contributed by atoms with van der Waals surface area (Å²) in [5, 5.41) is 8.01. The van der Waals surface area contributed by atoms with E-state index in [0.717, 1.165) is 22.2 Å². The Labute approximate surface area is 154 Å². The van der Waals surface area contributed by atoms with E-state index in [0.29, 0.717) is 6.04 Å². The van der Waals surface area contributed by atoms with Crippen molar-refractivity contribution in [1.82, 2.24) is 0 Å². The van der Waals surface area contributed by atoms with E-state index in [1.807, 2.05) is 24.3 Å². The van der Waals surface area contributed by atoms with Crippen LogP contribution in [0.3, 0.4) is 0 Å². The molecule has 0 bridgehead atoms. The van der Waals surface area contributed by atoms with Crippen molar-refractivity contribution in [2.24, 2.45) is 4.99 Å². The molecule has 130 valence electrons. The van der Waals surface area contributed by atoms with Crippen molar-refractivity contribution < 1.29 is 0 Å². The lowest BCUT2D eigenvalue weighted by molar-refractivity contribution is 0.441. The number of rotatable bonds is 2. The van der Waals surface area contributed by atoms with Crippen LogP contribution in [0.1, 0.15) is 44.6 Å². The normalized spacial score (nSPS) is 25.1. The second-order valence-electron chi connectivity index (χ2n) is 7.20. The van der Waals surface area contributed by atoms with Gasteiger partial charge in [0.2, 0.25) is 0 Å². The molecule has 1 aliphatic heterocycles. The highest BCUT2D eigenvalue weighted by Gasteiger charge is 2.37. The first kappa shape index (κ1) is 16.5. The van der Waals surface area contributed by atoms with Gasteiger partial charge < -0.3 is 10.6 Å². The molecule has 0 amide bonds. The molecule has 1 aliphatic carbocycles. The third-order valence-electron chi connectivity index (χ3n) is 5.33. The summed E-state index contributed by atoms with van der Waals surface area (Å²) in [5.74, 6) is 1.00. The smallest absolute Gasteiger partial charge is 0.131 e. The molecule has 0 saturated heterocycles. The molecule has 0 spiro atoms. The SMILES string of the molecule is CC1(c2ccccc2)Nc2cc(Cl)ccc2NC1=NC1CCCCC1. The van der Waals surface area contributed by atoms with Gasteiger partial charge >= 0.3 is 0 Å². The van der Waals surface area contributed by atoms with Gasteiger partial charge in [-0.05, 0) is 43.5 Å². The highest BCUT2D eigenvalue weighted by molar-refractivity contribution is 6.31. The monoisotopic (exact) mass is 353 g/mol. The van der Waals surface area contributed by atoms with E-state index in [-0.39, 0.29) is 0 Å². The Balaban J connectivity index is 1.78. The zero-order chi connectivity index (χ0) is 17.3. The van der Waals surface area contributed by atoms with E-state index < -0.39 is 5.54 Å². The summed E-state index contributed by atoms with van der Waals surface area (Å²) in [6, 6.07) is 16.8.